The molecule has 2 aromatic rings. The zero-order chi connectivity index (χ0) is 16.4. The van der Waals surface area contributed by atoms with Gasteiger partial charge in [0, 0.05) is 24.9 Å². The fourth-order valence-corrected chi connectivity index (χ4v) is 3.09. The van der Waals surface area contributed by atoms with Gasteiger partial charge in [-0.15, -0.1) is 11.3 Å². The van der Waals surface area contributed by atoms with Crippen LogP contribution in [-0.2, 0) is 6.54 Å². The number of amides is 1. The van der Waals surface area contributed by atoms with Gasteiger partial charge in [0.2, 0.25) is 0 Å². The van der Waals surface area contributed by atoms with Crippen molar-refractivity contribution in [2.45, 2.75) is 53.0 Å². The maximum Gasteiger partial charge on any atom is 0.265 e. The van der Waals surface area contributed by atoms with E-state index in [0.29, 0.717) is 23.3 Å². The maximum atomic E-state index is 12.6. The molecule has 22 heavy (non-hydrogen) atoms. The van der Waals surface area contributed by atoms with Crippen molar-refractivity contribution in [1.29, 1.82) is 0 Å². The predicted octanol–water partition coefficient (Wildman–Crippen LogP) is 3.96. The molecule has 0 aliphatic carbocycles. The number of carbonyl (C=O) groups is 1. The van der Waals surface area contributed by atoms with Crippen LogP contribution in [0.3, 0.4) is 0 Å². The van der Waals surface area contributed by atoms with E-state index in [-0.39, 0.29) is 5.91 Å². The quantitative estimate of drug-likeness (QED) is 0.836. The zero-order valence-corrected chi connectivity index (χ0v) is 14.8. The first-order valence-electron chi connectivity index (χ1n) is 7.47. The minimum absolute atomic E-state index is 0.0176. The lowest BCUT2D eigenvalue weighted by molar-refractivity contribution is 0.0786. The van der Waals surface area contributed by atoms with Crippen molar-refractivity contribution >= 4 is 17.2 Å². The molecule has 0 aromatic carbocycles. The minimum atomic E-state index is -0.0176. The van der Waals surface area contributed by atoms with Gasteiger partial charge in [0.05, 0.1) is 17.2 Å². The van der Waals surface area contributed by atoms with E-state index in [0.717, 1.165) is 22.2 Å². The van der Waals surface area contributed by atoms with Gasteiger partial charge < -0.3 is 9.42 Å². The standard InChI is InChI=1S/C16H23N3O2S/c1-9(2)13-7-12(18-21-13)8-19(6)16(20)14-11(5)17-15(22-14)10(3)4/h7,9-10H,8H2,1-6H3. The van der Waals surface area contributed by atoms with E-state index in [1.807, 2.05) is 26.8 Å². The van der Waals surface area contributed by atoms with E-state index in [2.05, 4.69) is 24.0 Å². The van der Waals surface area contributed by atoms with Crippen LogP contribution in [0.4, 0.5) is 0 Å². The molecule has 2 aromatic heterocycles. The van der Waals surface area contributed by atoms with Gasteiger partial charge in [-0.1, -0.05) is 32.9 Å². The number of hydrogen-bond acceptors (Lipinski definition) is 5. The fraction of sp³-hybridized carbons (Fsp3) is 0.562. The predicted molar refractivity (Wildman–Crippen MR) is 87.3 cm³/mol. The molecule has 0 fully saturated rings. The Labute approximate surface area is 135 Å². The van der Waals surface area contributed by atoms with Crippen molar-refractivity contribution in [1.82, 2.24) is 15.0 Å². The summed E-state index contributed by atoms with van der Waals surface area (Å²) in [7, 11) is 1.78. The molecular formula is C16H23N3O2S. The molecule has 5 nitrogen and oxygen atoms in total. The molecule has 0 bridgehead atoms. The number of rotatable bonds is 5. The molecule has 0 saturated carbocycles. The van der Waals surface area contributed by atoms with Gasteiger partial charge in [0.1, 0.15) is 16.3 Å². The first-order chi connectivity index (χ1) is 10.3. The van der Waals surface area contributed by atoms with Crippen LogP contribution in [-0.4, -0.2) is 28.0 Å². The lowest BCUT2D eigenvalue weighted by atomic mass is 10.1. The number of aryl methyl sites for hydroxylation is 1. The molecule has 0 atom stereocenters. The Morgan fingerprint density at radius 2 is 2.00 bits per heavy atom. The van der Waals surface area contributed by atoms with Crippen LogP contribution in [0.25, 0.3) is 0 Å². The molecule has 120 valence electrons. The van der Waals surface area contributed by atoms with Crippen molar-refractivity contribution in [2.24, 2.45) is 0 Å². The Morgan fingerprint density at radius 1 is 1.32 bits per heavy atom. The van der Waals surface area contributed by atoms with Crippen LogP contribution in [0.1, 0.15) is 71.4 Å². The molecule has 0 aliphatic rings. The number of aromatic nitrogens is 2. The van der Waals surface area contributed by atoms with Crippen LogP contribution in [0.15, 0.2) is 10.6 Å². The molecule has 1 amide bonds. The highest BCUT2D eigenvalue weighted by molar-refractivity contribution is 7.13. The van der Waals surface area contributed by atoms with Gasteiger partial charge in [-0.25, -0.2) is 4.98 Å². The van der Waals surface area contributed by atoms with Crippen LogP contribution in [0.5, 0.6) is 0 Å². The van der Waals surface area contributed by atoms with E-state index >= 15 is 0 Å². The van der Waals surface area contributed by atoms with Crippen molar-refractivity contribution in [3.05, 3.63) is 33.1 Å². The second-order valence-corrected chi connectivity index (χ2v) is 7.19. The highest BCUT2D eigenvalue weighted by atomic mass is 32.1. The molecule has 0 saturated heterocycles. The summed E-state index contributed by atoms with van der Waals surface area (Å²) in [4.78, 5) is 19.4. The van der Waals surface area contributed by atoms with Crippen molar-refractivity contribution in [3.63, 3.8) is 0 Å². The lowest BCUT2D eigenvalue weighted by Crippen LogP contribution is -2.26. The molecule has 0 unspecified atom stereocenters. The molecule has 6 heteroatoms. The molecule has 0 radical (unpaired) electrons. The second-order valence-electron chi connectivity index (χ2n) is 6.16. The molecule has 0 spiro atoms. The summed E-state index contributed by atoms with van der Waals surface area (Å²) in [5.74, 6) is 1.45. The van der Waals surface area contributed by atoms with Crippen molar-refractivity contribution in [3.8, 4) is 0 Å². The third kappa shape index (κ3) is 3.55. The molecule has 0 N–H and O–H groups in total. The zero-order valence-electron chi connectivity index (χ0n) is 14.0. The van der Waals surface area contributed by atoms with Crippen molar-refractivity contribution in [2.75, 3.05) is 7.05 Å². The number of hydrogen-bond donors (Lipinski definition) is 0. The first-order valence-corrected chi connectivity index (χ1v) is 8.29. The van der Waals surface area contributed by atoms with Gasteiger partial charge in [0.15, 0.2) is 0 Å². The van der Waals surface area contributed by atoms with Gasteiger partial charge in [-0.2, -0.15) is 0 Å². The average molecular weight is 321 g/mol. The minimum Gasteiger partial charge on any atom is -0.361 e. The van der Waals surface area contributed by atoms with E-state index in [9.17, 15) is 4.79 Å². The second kappa shape index (κ2) is 6.60. The van der Waals surface area contributed by atoms with Gasteiger partial charge in [0.25, 0.3) is 5.91 Å². The Balaban J connectivity index is 2.11. The number of carbonyl (C=O) groups excluding carboxylic acids is 1. The summed E-state index contributed by atoms with van der Waals surface area (Å²) in [6.45, 7) is 10.6. The molecule has 2 rings (SSSR count). The van der Waals surface area contributed by atoms with Crippen molar-refractivity contribution < 1.29 is 9.32 Å². The lowest BCUT2D eigenvalue weighted by Gasteiger charge is -2.14. The Bertz CT molecular complexity index is 658. The average Bonchev–Trinajstić information content (AvgIpc) is 3.04. The number of nitrogens with zero attached hydrogens (tertiary/aromatic N) is 3. The topological polar surface area (TPSA) is 59.2 Å². The summed E-state index contributed by atoms with van der Waals surface area (Å²) in [5, 5.41) is 5.03. The summed E-state index contributed by atoms with van der Waals surface area (Å²) in [5.41, 5.74) is 1.57. The molecule has 2 heterocycles. The Kier molecular flexibility index (Phi) is 5.01. The van der Waals surface area contributed by atoms with Gasteiger partial charge in [-0.3, -0.25) is 4.79 Å². The monoisotopic (exact) mass is 321 g/mol. The smallest absolute Gasteiger partial charge is 0.265 e. The highest BCUT2D eigenvalue weighted by Gasteiger charge is 2.21. The third-order valence-electron chi connectivity index (χ3n) is 3.39. The SMILES string of the molecule is Cc1nc(C(C)C)sc1C(=O)N(C)Cc1cc(C(C)C)on1. The first kappa shape index (κ1) is 16.7. The van der Waals surface area contributed by atoms with Crippen LogP contribution < -0.4 is 0 Å². The van der Waals surface area contributed by atoms with Gasteiger partial charge >= 0.3 is 0 Å². The Morgan fingerprint density at radius 3 is 2.50 bits per heavy atom. The van der Waals surface area contributed by atoms with Crippen LogP contribution in [0.2, 0.25) is 0 Å². The fourth-order valence-electron chi connectivity index (χ4n) is 2.03. The Hall–Kier alpha value is -1.69. The third-order valence-corrected chi connectivity index (χ3v) is 4.84. The van der Waals surface area contributed by atoms with E-state index in [1.54, 1.807) is 11.9 Å². The maximum absolute atomic E-state index is 12.6. The van der Waals surface area contributed by atoms with E-state index in [4.69, 9.17) is 4.52 Å². The number of thiazole rings is 1. The summed E-state index contributed by atoms with van der Waals surface area (Å²) in [6.07, 6.45) is 0. The molecular weight excluding hydrogens is 298 g/mol. The van der Waals surface area contributed by atoms with E-state index < -0.39 is 0 Å². The highest BCUT2D eigenvalue weighted by Crippen LogP contribution is 2.26. The molecule has 0 aliphatic heterocycles. The largest absolute Gasteiger partial charge is 0.361 e. The summed E-state index contributed by atoms with van der Waals surface area (Å²) < 4.78 is 5.27. The summed E-state index contributed by atoms with van der Waals surface area (Å²) >= 11 is 1.48. The normalized spacial score (nSPS) is 11.5. The van der Waals surface area contributed by atoms with Gasteiger partial charge in [-0.05, 0) is 6.92 Å². The van der Waals surface area contributed by atoms with E-state index in [1.165, 1.54) is 11.3 Å². The summed E-state index contributed by atoms with van der Waals surface area (Å²) in [6, 6.07) is 1.91. The van der Waals surface area contributed by atoms with Crippen LogP contribution >= 0.6 is 11.3 Å². The van der Waals surface area contributed by atoms with Crippen LogP contribution in [0, 0.1) is 6.92 Å².